The summed E-state index contributed by atoms with van der Waals surface area (Å²) in [7, 11) is 1.66. The first-order valence-electron chi connectivity index (χ1n) is 9.23. The number of ether oxygens (including phenoxy) is 1. The number of thioether (sulfide) groups is 1. The van der Waals surface area contributed by atoms with Gasteiger partial charge in [0, 0.05) is 17.1 Å². The first-order valence-corrected chi connectivity index (χ1v) is 10.1. The number of amidine groups is 2. The molecule has 1 amide bonds. The van der Waals surface area contributed by atoms with Crippen molar-refractivity contribution in [2.24, 2.45) is 4.99 Å². The number of hydrogen-bond acceptors (Lipinski definition) is 4. The predicted molar refractivity (Wildman–Crippen MR) is 118 cm³/mol. The molecule has 148 valence electrons. The van der Waals surface area contributed by atoms with Gasteiger partial charge in [0.05, 0.1) is 18.4 Å². The third-order valence-corrected chi connectivity index (χ3v) is 6.07. The molecule has 6 nitrogen and oxygen atoms in total. The van der Waals surface area contributed by atoms with Gasteiger partial charge in [-0.2, -0.15) is 4.99 Å². The van der Waals surface area contributed by atoms with Crippen LogP contribution in [0.25, 0.3) is 11.8 Å². The Balaban J connectivity index is 1.82. The van der Waals surface area contributed by atoms with Gasteiger partial charge in [-0.3, -0.25) is 15.1 Å². The van der Waals surface area contributed by atoms with Gasteiger partial charge < -0.3 is 9.30 Å². The molecule has 0 fully saturated rings. The molecule has 4 rings (SSSR count). The van der Waals surface area contributed by atoms with Crippen molar-refractivity contribution < 1.29 is 9.53 Å². The van der Waals surface area contributed by atoms with Crippen molar-refractivity contribution in [3.05, 3.63) is 63.5 Å². The number of fused-ring (bicyclic) bond motifs is 1. The fourth-order valence-electron chi connectivity index (χ4n) is 3.68. The molecule has 0 aliphatic carbocycles. The third kappa shape index (κ3) is 3.11. The van der Waals surface area contributed by atoms with Gasteiger partial charge in [0.2, 0.25) is 0 Å². The number of rotatable bonds is 3. The largest absolute Gasteiger partial charge is 0.495 e. The second kappa shape index (κ2) is 7.08. The summed E-state index contributed by atoms with van der Waals surface area (Å²) in [6.07, 6.45) is 1.77. The number of aryl methyl sites for hydroxylation is 2. The molecular formula is C22H22N4O2S. The van der Waals surface area contributed by atoms with Gasteiger partial charge in [-0.05, 0) is 68.5 Å². The highest BCUT2D eigenvalue weighted by Crippen LogP contribution is 2.33. The van der Waals surface area contributed by atoms with E-state index in [9.17, 15) is 4.79 Å². The van der Waals surface area contributed by atoms with Crippen molar-refractivity contribution in [2.45, 2.75) is 27.7 Å². The number of benzene rings is 1. The van der Waals surface area contributed by atoms with E-state index in [1.165, 1.54) is 11.8 Å². The zero-order valence-electron chi connectivity index (χ0n) is 17.0. The fourth-order valence-corrected chi connectivity index (χ4v) is 4.53. The Morgan fingerprint density at radius 3 is 2.66 bits per heavy atom. The van der Waals surface area contributed by atoms with E-state index in [4.69, 9.17) is 10.1 Å². The van der Waals surface area contributed by atoms with Crippen LogP contribution in [0.3, 0.4) is 0 Å². The minimum absolute atomic E-state index is 0.164. The second-order valence-corrected chi connectivity index (χ2v) is 7.99. The van der Waals surface area contributed by atoms with Crippen LogP contribution in [-0.4, -0.2) is 33.5 Å². The number of amides is 1. The zero-order chi connectivity index (χ0) is 20.9. The summed E-state index contributed by atoms with van der Waals surface area (Å²) in [6, 6.07) is 8.07. The van der Waals surface area contributed by atoms with E-state index < -0.39 is 0 Å². The van der Waals surface area contributed by atoms with Crippen LogP contribution in [0.1, 0.15) is 29.4 Å². The maximum Gasteiger partial charge on any atom is 0.283 e. The van der Waals surface area contributed by atoms with Crippen LogP contribution in [0.2, 0.25) is 0 Å². The first-order chi connectivity index (χ1) is 13.8. The lowest BCUT2D eigenvalue weighted by Gasteiger charge is -2.25. The minimum atomic E-state index is -0.380. The smallest absolute Gasteiger partial charge is 0.283 e. The number of aromatic nitrogens is 1. The molecule has 29 heavy (non-hydrogen) atoms. The van der Waals surface area contributed by atoms with Crippen LogP contribution in [0.15, 0.2) is 45.9 Å². The van der Waals surface area contributed by atoms with Gasteiger partial charge in [0.1, 0.15) is 11.6 Å². The Hall–Kier alpha value is -3.06. The molecule has 0 radical (unpaired) electrons. The lowest BCUT2D eigenvalue weighted by Crippen LogP contribution is -2.37. The first kappa shape index (κ1) is 19.3. The van der Waals surface area contributed by atoms with E-state index in [1.807, 2.05) is 51.3 Å². The second-order valence-electron chi connectivity index (χ2n) is 7.16. The highest BCUT2D eigenvalue weighted by atomic mass is 32.2. The molecule has 1 N–H and O–H groups in total. The maximum atomic E-state index is 12.6. The van der Waals surface area contributed by atoms with Crippen molar-refractivity contribution >= 4 is 34.7 Å². The highest BCUT2D eigenvalue weighted by molar-refractivity contribution is 8.16. The Morgan fingerprint density at radius 2 is 1.93 bits per heavy atom. The number of allylic oxidation sites excluding steroid dienone is 1. The Bertz CT molecular complexity index is 1150. The van der Waals surface area contributed by atoms with Crippen LogP contribution >= 0.6 is 11.8 Å². The molecular weight excluding hydrogens is 384 g/mol. The van der Waals surface area contributed by atoms with Crippen LogP contribution in [0, 0.1) is 26.2 Å². The molecule has 0 saturated carbocycles. The number of aliphatic imine (C=N–C) groups is 1. The number of nitrogens with zero attached hydrogens (tertiary/aromatic N) is 3. The van der Waals surface area contributed by atoms with Crippen molar-refractivity contribution in [2.75, 3.05) is 7.11 Å². The van der Waals surface area contributed by atoms with Crippen molar-refractivity contribution in [3.63, 3.8) is 0 Å². The van der Waals surface area contributed by atoms with Crippen molar-refractivity contribution in [1.29, 1.82) is 5.41 Å². The summed E-state index contributed by atoms with van der Waals surface area (Å²) >= 11 is 1.37. The lowest BCUT2D eigenvalue weighted by molar-refractivity contribution is -0.114. The molecule has 0 atom stereocenters. The summed E-state index contributed by atoms with van der Waals surface area (Å²) in [6.45, 7) is 7.98. The number of hydrogen-bond donors (Lipinski definition) is 1. The highest BCUT2D eigenvalue weighted by Gasteiger charge is 2.34. The normalized spacial score (nSPS) is 17.6. The number of methoxy groups -OCH3 is 1. The van der Waals surface area contributed by atoms with Crippen molar-refractivity contribution in [1.82, 2.24) is 9.47 Å². The van der Waals surface area contributed by atoms with Crippen LogP contribution < -0.4 is 4.74 Å². The van der Waals surface area contributed by atoms with Gasteiger partial charge in [0.25, 0.3) is 5.91 Å². The Kier molecular flexibility index (Phi) is 4.70. The molecule has 1 aromatic carbocycles. The van der Waals surface area contributed by atoms with Crippen molar-refractivity contribution in [3.8, 4) is 11.4 Å². The molecule has 2 aromatic rings. The van der Waals surface area contributed by atoms with Crippen LogP contribution in [0.5, 0.6) is 5.75 Å². The minimum Gasteiger partial charge on any atom is -0.495 e. The SMILES string of the molecule is COc1ccc(C)cc1-n1c(C)cc(/C=C2\C(=N)N3C(C)=CSC3=NC2=O)c1C. The van der Waals surface area contributed by atoms with E-state index in [-0.39, 0.29) is 11.7 Å². The number of nitrogens with one attached hydrogen (secondary N) is 1. The van der Waals surface area contributed by atoms with E-state index in [0.717, 1.165) is 39.6 Å². The van der Waals surface area contributed by atoms with E-state index >= 15 is 0 Å². The zero-order valence-corrected chi connectivity index (χ0v) is 17.8. The molecule has 3 heterocycles. The molecule has 1 aromatic heterocycles. The summed E-state index contributed by atoms with van der Waals surface area (Å²) < 4.78 is 7.67. The molecule has 0 spiro atoms. The summed E-state index contributed by atoms with van der Waals surface area (Å²) in [5.41, 5.74) is 6.14. The molecule has 2 aliphatic heterocycles. The quantitative estimate of drug-likeness (QED) is 0.758. The number of carbonyl (C=O) groups is 1. The molecule has 2 aliphatic rings. The van der Waals surface area contributed by atoms with Gasteiger partial charge in [0.15, 0.2) is 5.17 Å². The van der Waals surface area contributed by atoms with Gasteiger partial charge in [-0.1, -0.05) is 17.8 Å². The van der Waals surface area contributed by atoms with Gasteiger partial charge in [-0.15, -0.1) is 0 Å². The van der Waals surface area contributed by atoms with Gasteiger partial charge >= 0.3 is 0 Å². The molecule has 0 unspecified atom stereocenters. The topological polar surface area (TPSA) is 70.7 Å². The third-order valence-electron chi connectivity index (χ3n) is 5.13. The van der Waals surface area contributed by atoms with Crippen LogP contribution in [0.4, 0.5) is 0 Å². The molecule has 0 saturated heterocycles. The Labute approximate surface area is 174 Å². The summed E-state index contributed by atoms with van der Waals surface area (Å²) in [5, 5.41) is 11.0. The van der Waals surface area contributed by atoms with E-state index in [2.05, 4.69) is 15.6 Å². The van der Waals surface area contributed by atoms with E-state index in [1.54, 1.807) is 18.1 Å². The number of carbonyl (C=O) groups excluding carboxylic acids is 1. The average Bonchev–Trinajstić information content (AvgIpc) is 3.17. The average molecular weight is 407 g/mol. The Morgan fingerprint density at radius 1 is 1.17 bits per heavy atom. The molecule has 7 heteroatoms. The predicted octanol–water partition coefficient (Wildman–Crippen LogP) is 4.58. The van der Waals surface area contributed by atoms with Crippen LogP contribution in [-0.2, 0) is 4.79 Å². The fraction of sp³-hybridized carbons (Fsp3) is 0.227. The molecule has 0 bridgehead atoms. The standard InChI is InChI=1S/C22H22N4O2S/c1-12-6-7-19(28-5)18(8-12)25-13(2)9-16(15(25)4)10-17-20(23)26-14(3)11-29-22(26)24-21(17)27/h6-11,23H,1-5H3/b17-10+,23-20?. The monoisotopic (exact) mass is 406 g/mol. The summed E-state index contributed by atoms with van der Waals surface area (Å²) in [5.74, 6) is 0.564. The summed E-state index contributed by atoms with van der Waals surface area (Å²) in [4.78, 5) is 18.5. The lowest BCUT2D eigenvalue weighted by atomic mass is 10.1. The van der Waals surface area contributed by atoms with Gasteiger partial charge in [-0.25, -0.2) is 0 Å². The van der Waals surface area contributed by atoms with E-state index in [0.29, 0.717) is 10.7 Å². The maximum absolute atomic E-state index is 12.6.